The lowest BCUT2D eigenvalue weighted by Crippen LogP contribution is -2.35. The van der Waals surface area contributed by atoms with Crippen LogP contribution in [0.4, 0.5) is 5.69 Å². The zero-order chi connectivity index (χ0) is 23.5. The molecule has 2 aromatic carbocycles. The summed E-state index contributed by atoms with van der Waals surface area (Å²) in [6, 6.07) is 15.7. The first-order valence-electron chi connectivity index (χ1n) is 11.4. The van der Waals surface area contributed by atoms with Gasteiger partial charge in [0.05, 0.1) is 11.2 Å². The fraction of sp³-hybridized carbons (Fsp3) is 0.308. The number of aromatic nitrogens is 2. The number of hydrogen-bond acceptors (Lipinski definition) is 6. The van der Waals surface area contributed by atoms with Crippen LogP contribution in [0.2, 0.25) is 0 Å². The molecule has 1 aliphatic rings. The molecule has 3 heterocycles. The Labute approximate surface area is 202 Å². The summed E-state index contributed by atoms with van der Waals surface area (Å²) in [7, 11) is 3.69. The van der Waals surface area contributed by atoms with E-state index in [1.807, 2.05) is 59.3 Å². The number of likely N-dealkylation sites (tertiary alicyclic amines) is 1. The second-order valence-corrected chi connectivity index (χ2v) is 9.42. The summed E-state index contributed by atoms with van der Waals surface area (Å²) >= 11 is 1.54. The number of anilines is 1. The molecular weight excluding hydrogens is 448 g/mol. The third-order valence-electron chi connectivity index (χ3n) is 6.25. The lowest BCUT2D eigenvalue weighted by Gasteiger charge is -2.29. The smallest absolute Gasteiger partial charge is 0.258 e. The van der Waals surface area contributed by atoms with Crippen LogP contribution in [-0.2, 0) is 9.53 Å². The molecule has 2 N–H and O–H groups in total. The van der Waals surface area contributed by atoms with Crippen LogP contribution < -0.4 is 10.1 Å². The molecule has 0 aliphatic carbocycles. The molecule has 4 aromatic rings. The molecule has 1 unspecified atom stereocenters. The first-order chi connectivity index (χ1) is 16.6. The van der Waals surface area contributed by atoms with Crippen molar-refractivity contribution in [1.82, 2.24) is 15.1 Å². The van der Waals surface area contributed by atoms with Gasteiger partial charge in [0.15, 0.2) is 6.10 Å². The Morgan fingerprint density at radius 3 is 2.68 bits per heavy atom. The molecule has 0 radical (unpaired) electrons. The number of piperidine rings is 1. The number of carbonyl (C=O) groups excluding carboxylic acids is 1. The van der Waals surface area contributed by atoms with E-state index in [4.69, 9.17) is 9.47 Å². The number of nitrogens with zero attached hydrogens (tertiary/aromatic N) is 2. The minimum Gasteiger partial charge on any atom is -0.490 e. The summed E-state index contributed by atoms with van der Waals surface area (Å²) in [5.74, 6) is 0.672. The number of rotatable bonds is 7. The van der Waals surface area contributed by atoms with Crippen LogP contribution in [0.25, 0.3) is 22.2 Å². The predicted octanol–water partition coefficient (Wildman–Crippen LogP) is 5.09. The summed E-state index contributed by atoms with van der Waals surface area (Å²) in [6.45, 7) is 2.14. The topological polar surface area (TPSA) is 79.5 Å². The van der Waals surface area contributed by atoms with Gasteiger partial charge in [-0.3, -0.25) is 9.89 Å². The van der Waals surface area contributed by atoms with Gasteiger partial charge < -0.3 is 19.7 Å². The van der Waals surface area contributed by atoms with Gasteiger partial charge in [-0.15, -0.1) is 0 Å². The number of H-pyrrole nitrogens is 1. The lowest BCUT2D eigenvalue weighted by molar-refractivity contribution is -0.126. The van der Waals surface area contributed by atoms with E-state index in [0.717, 1.165) is 59.4 Å². The van der Waals surface area contributed by atoms with E-state index in [2.05, 4.69) is 27.5 Å². The lowest BCUT2D eigenvalue weighted by atomic mass is 10.1. The second-order valence-electron chi connectivity index (χ2n) is 8.64. The Morgan fingerprint density at radius 2 is 1.97 bits per heavy atom. The Hall–Kier alpha value is -3.20. The highest BCUT2D eigenvalue weighted by Gasteiger charge is 2.21. The van der Waals surface area contributed by atoms with Crippen molar-refractivity contribution in [3.8, 4) is 17.0 Å². The number of thiophene rings is 1. The van der Waals surface area contributed by atoms with E-state index in [9.17, 15) is 4.79 Å². The number of ether oxygens (including phenoxy) is 2. The van der Waals surface area contributed by atoms with Crippen molar-refractivity contribution in [3.63, 3.8) is 0 Å². The van der Waals surface area contributed by atoms with Gasteiger partial charge in [0.25, 0.3) is 5.91 Å². The molecule has 8 heteroatoms. The standard InChI is InChI=1S/C26H28N4O3S/c1-30-12-9-21(10-13-30)33-20-6-3-17(4-7-20)24-22-15-19(5-8-23(22)28-29-24)27-26(31)25(32-2)18-11-14-34-16-18/h3-8,11,14-16,21,25H,9-10,12-13H2,1-2H3,(H,27,31)(H,28,29). The first-order valence-corrected chi connectivity index (χ1v) is 12.3. The zero-order valence-electron chi connectivity index (χ0n) is 19.3. The minimum atomic E-state index is -0.650. The Bertz CT molecular complexity index is 1250. The average Bonchev–Trinajstić information content (AvgIpc) is 3.52. The van der Waals surface area contributed by atoms with Gasteiger partial charge >= 0.3 is 0 Å². The Balaban J connectivity index is 1.32. The van der Waals surface area contributed by atoms with Crippen molar-refractivity contribution in [2.24, 2.45) is 0 Å². The van der Waals surface area contributed by atoms with Crippen molar-refractivity contribution < 1.29 is 14.3 Å². The molecule has 7 nitrogen and oxygen atoms in total. The van der Waals surface area contributed by atoms with Gasteiger partial charge in [-0.25, -0.2) is 0 Å². The maximum atomic E-state index is 12.8. The molecule has 0 saturated carbocycles. The average molecular weight is 477 g/mol. The number of hydrogen-bond donors (Lipinski definition) is 2. The van der Waals surface area contributed by atoms with E-state index in [-0.39, 0.29) is 12.0 Å². The zero-order valence-corrected chi connectivity index (χ0v) is 20.1. The van der Waals surface area contributed by atoms with E-state index in [1.54, 1.807) is 7.11 Å². The molecule has 0 bridgehead atoms. The third kappa shape index (κ3) is 4.84. The number of amides is 1. The molecule has 176 valence electrons. The van der Waals surface area contributed by atoms with E-state index in [0.29, 0.717) is 5.69 Å². The highest BCUT2D eigenvalue weighted by Crippen LogP contribution is 2.31. The van der Waals surface area contributed by atoms with E-state index >= 15 is 0 Å². The van der Waals surface area contributed by atoms with Crippen LogP contribution in [0.15, 0.2) is 59.3 Å². The summed E-state index contributed by atoms with van der Waals surface area (Å²) in [5.41, 5.74) is 4.26. The van der Waals surface area contributed by atoms with Gasteiger partial charge in [-0.1, -0.05) is 0 Å². The van der Waals surface area contributed by atoms with Gasteiger partial charge in [0, 0.05) is 42.4 Å². The molecule has 0 spiro atoms. The Kier molecular flexibility index (Phi) is 6.62. The fourth-order valence-corrected chi connectivity index (χ4v) is 5.00. The summed E-state index contributed by atoms with van der Waals surface area (Å²) in [6.07, 6.45) is 1.72. The molecule has 2 aromatic heterocycles. The number of benzene rings is 2. The molecule has 34 heavy (non-hydrogen) atoms. The molecule has 1 fully saturated rings. The van der Waals surface area contributed by atoms with Gasteiger partial charge in [0.1, 0.15) is 11.9 Å². The number of aromatic amines is 1. The SMILES string of the molecule is COC(C(=O)Nc1ccc2[nH]nc(-c3ccc(OC4CCN(C)CC4)cc3)c2c1)c1ccsc1. The fourth-order valence-electron chi connectivity index (χ4n) is 4.32. The molecule has 1 atom stereocenters. The number of carbonyl (C=O) groups is 1. The number of methoxy groups -OCH3 is 1. The second kappa shape index (κ2) is 9.97. The largest absolute Gasteiger partial charge is 0.490 e. The predicted molar refractivity (Wildman–Crippen MR) is 135 cm³/mol. The van der Waals surface area contributed by atoms with Crippen LogP contribution in [0.3, 0.4) is 0 Å². The quantitative estimate of drug-likeness (QED) is 0.388. The molecule has 1 amide bonds. The van der Waals surface area contributed by atoms with Crippen molar-refractivity contribution in [1.29, 1.82) is 0 Å². The third-order valence-corrected chi connectivity index (χ3v) is 6.95. The monoisotopic (exact) mass is 476 g/mol. The highest BCUT2D eigenvalue weighted by atomic mass is 32.1. The molecule has 1 saturated heterocycles. The summed E-state index contributed by atoms with van der Waals surface area (Å²) < 4.78 is 11.6. The Morgan fingerprint density at radius 1 is 1.18 bits per heavy atom. The number of nitrogens with one attached hydrogen (secondary N) is 2. The molecule has 5 rings (SSSR count). The van der Waals surface area contributed by atoms with E-state index in [1.165, 1.54) is 11.3 Å². The van der Waals surface area contributed by atoms with Crippen LogP contribution in [-0.4, -0.2) is 54.4 Å². The van der Waals surface area contributed by atoms with Crippen LogP contribution >= 0.6 is 11.3 Å². The van der Waals surface area contributed by atoms with Crippen LogP contribution in [0, 0.1) is 0 Å². The molecular formula is C26H28N4O3S. The number of fused-ring (bicyclic) bond motifs is 1. The summed E-state index contributed by atoms with van der Waals surface area (Å²) in [4.78, 5) is 15.2. The van der Waals surface area contributed by atoms with E-state index < -0.39 is 6.10 Å². The van der Waals surface area contributed by atoms with Gasteiger partial charge in [-0.2, -0.15) is 16.4 Å². The van der Waals surface area contributed by atoms with Crippen molar-refractivity contribution in [3.05, 3.63) is 64.9 Å². The maximum Gasteiger partial charge on any atom is 0.258 e. The summed E-state index contributed by atoms with van der Waals surface area (Å²) in [5, 5.41) is 15.4. The van der Waals surface area contributed by atoms with Crippen molar-refractivity contribution in [2.75, 3.05) is 32.6 Å². The van der Waals surface area contributed by atoms with Crippen molar-refractivity contribution >= 4 is 33.8 Å². The van der Waals surface area contributed by atoms with Gasteiger partial charge in [-0.05, 0) is 79.2 Å². The molecule has 1 aliphatic heterocycles. The first kappa shape index (κ1) is 22.6. The van der Waals surface area contributed by atoms with Crippen LogP contribution in [0.5, 0.6) is 5.75 Å². The highest BCUT2D eigenvalue weighted by molar-refractivity contribution is 7.08. The van der Waals surface area contributed by atoms with Crippen LogP contribution in [0.1, 0.15) is 24.5 Å². The van der Waals surface area contributed by atoms with Gasteiger partial charge in [0.2, 0.25) is 0 Å². The van der Waals surface area contributed by atoms with Crippen molar-refractivity contribution in [2.45, 2.75) is 25.0 Å². The normalized spacial score (nSPS) is 15.9. The maximum absolute atomic E-state index is 12.8. The minimum absolute atomic E-state index is 0.208.